The molecule has 0 saturated carbocycles. The summed E-state index contributed by atoms with van der Waals surface area (Å²) in [5.74, 6) is 1.51. The Morgan fingerprint density at radius 3 is 2.56 bits per heavy atom. The van der Waals surface area contributed by atoms with Crippen LogP contribution in [0.1, 0.15) is 16.1 Å². The summed E-state index contributed by atoms with van der Waals surface area (Å²) < 4.78 is 0. The van der Waals surface area contributed by atoms with Crippen molar-refractivity contribution in [3.63, 3.8) is 0 Å². The average molecular weight is 335 g/mol. The lowest BCUT2D eigenvalue weighted by molar-refractivity contribution is -0.00290. The molecule has 2 saturated heterocycles. The van der Waals surface area contributed by atoms with E-state index in [2.05, 4.69) is 27.1 Å². The molecule has 1 spiro atoms. The molecule has 1 aromatic carbocycles. The highest BCUT2D eigenvalue weighted by Gasteiger charge is 2.51. The Bertz CT molecular complexity index is 836. The molecule has 2 fully saturated rings. The standard InChI is InChI=1S/C19H21N5O/c1-23-9-19(10-23)11-24(12-19)17-14-7-8-20-18(25)15(14)21-16(22-17)13-5-3-2-4-6-13/h2-6H,7-12H2,1H3,(H,20,25). The van der Waals surface area contributed by atoms with Gasteiger partial charge in [0.25, 0.3) is 5.91 Å². The Morgan fingerprint density at radius 2 is 1.84 bits per heavy atom. The topological polar surface area (TPSA) is 61.4 Å². The van der Waals surface area contributed by atoms with Gasteiger partial charge < -0.3 is 15.1 Å². The van der Waals surface area contributed by atoms with Crippen molar-refractivity contribution in [3.8, 4) is 11.4 Å². The number of rotatable bonds is 2. The molecule has 128 valence electrons. The number of anilines is 1. The van der Waals surface area contributed by atoms with Crippen molar-refractivity contribution < 1.29 is 4.79 Å². The molecule has 6 heteroatoms. The van der Waals surface area contributed by atoms with E-state index in [-0.39, 0.29) is 5.91 Å². The van der Waals surface area contributed by atoms with E-state index >= 15 is 0 Å². The summed E-state index contributed by atoms with van der Waals surface area (Å²) in [5, 5.41) is 2.91. The van der Waals surface area contributed by atoms with Crippen molar-refractivity contribution >= 4 is 11.7 Å². The summed E-state index contributed by atoms with van der Waals surface area (Å²) in [6.45, 7) is 5.02. The van der Waals surface area contributed by atoms with Crippen LogP contribution in [0.4, 0.5) is 5.82 Å². The minimum Gasteiger partial charge on any atom is -0.355 e. The first-order valence-corrected chi connectivity index (χ1v) is 8.82. The second-order valence-corrected chi connectivity index (χ2v) is 7.60. The molecule has 3 aliphatic heterocycles. The number of carbonyl (C=O) groups excluding carboxylic acids is 1. The van der Waals surface area contributed by atoms with Crippen LogP contribution in [0, 0.1) is 5.41 Å². The van der Waals surface area contributed by atoms with Crippen molar-refractivity contribution in [2.75, 3.05) is 44.7 Å². The van der Waals surface area contributed by atoms with E-state index in [1.165, 1.54) is 0 Å². The number of hydrogen-bond donors (Lipinski definition) is 1. The van der Waals surface area contributed by atoms with E-state index in [4.69, 9.17) is 4.98 Å². The highest BCUT2D eigenvalue weighted by molar-refractivity contribution is 5.96. The summed E-state index contributed by atoms with van der Waals surface area (Å²) in [7, 11) is 2.16. The zero-order valence-electron chi connectivity index (χ0n) is 14.3. The van der Waals surface area contributed by atoms with Gasteiger partial charge in [-0.1, -0.05) is 30.3 Å². The van der Waals surface area contributed by atoms with Gasteiger partial charge in [-0.25, -0.2) is 9.97 Å². The third kappa shape index (κ3) is 2.32. The number of aromatic nitrogens is 2. The van der Waals surface area contributed by atoms with E-state index in [0.29, 0.717) is 23.5 Å². The van der Waals surface area contributed by atoms with Crippen LogP contribution in [-0.2, 0) is 6.42 Å². The maximum atomic E-state index is 12.4. The molecule has 0 aliphatic carbocycles. The third-order valence-corrected chi connectivity index (χ3v) is 5.46. The minimum atomic E-state index is -0.0827. The van der Waals surface area contributed by atoms with Gasteiger partial charge in [-0.2, -0.15) is 0 Å². The fraction of sp³-hybridized carbons (Fsp3) is 0.421. The number of likely N-dealkylation sites (tertiary alicyclic amines) is 1. The average Bonchev–Trinajstić information content (AvgIpc) is 2.57. The lowest BCUT2D eigenvalue weighted by atomic mass is 9.73. The van der Waals surface area contributed by atoms with E-state index in [0.717, 1.165) is 49.5 Å². The molecule has 0 unspecified atom stereocenters. The van der Waals surface area contributed by atoms with Crippen molar-refractivity contribution in [1.29, 1.82) is 0 Å². The molecule has 2 aromatic rings. The highest BCUT2D eigenvalue weighted by atomic mass is 16.1. The number of fused-ring (bicyclic) bond motifs is 1. The van der Waals surface area contributed by atoms with Crippen LogP contribution in [0.2, 0.25) is 0 Å². The summed E-state index contributed by atoms with van der Waals surface area (Å²) in [5.41, 5.74) is 2.92. The smallest absolute Gasteiger partial charge is 0.270 e. The Kier molecular flexibility index (Phi) is 3.12. The fourth-order valence-electron chi connectivity index (χ4n) is 4.46. The zero-order valence-corrected chi connectivity index (χ0v) is 14.3. The second-order valence-electron chi connectivity index (χ2n) is 7.60. The molecule has 0 radical (unpaired) electrons. The molecule has 5 rings (SSSR count). The molecule has 4 heterocycles. The Morgan fingerprint density at radius 1 is 1.08 bits per heavy atom. The number of carbonyl (C=O) groups is 1. The Hall–Kier alpha value is -2.47. The van der Waals surface area contributed by atoms with Gasteiger partial charge in [0, 0.05) is 49.3 Å². The molecule has 1 amide bonds. The Labute approximate surface area is 146 Å². The summed E-state index contributed by atoms with van der Waals surface area (Å²) in [6, 6.07) is 9.90. The van der Waals surface area contributed by atoms with Crippen LogP contribution < -0.4 is 10.2 Å². The fourth-order valence-corrected chi connectivity index (χ4v) is 4.46. The van der Waals surface area contributed by atoms with Crippen molar-refractivity contribution in [1.82, 2.24) is 20.2 Å². The van der Waals surface area contributed by atoms with E-state index in [1.54, 1.807) is 0 Å². The predicted molar refractivity (Wildman–Crippen MR) is 95.6 cm³/mol. The van der Waals surface area contributed by atoms with Gasteiger partial charge in [0.2, 0.25) is 0 Å². The monoisotopic (exact) mass is 335 g/mol. The summed E-state index contributed by atoms with van der Waals surface area (Å²) in [4.78, 5) is 26.5. The number of benzene rings is 1. The molecule has 0 bridgehead atoms. The van der Waals surface area contributed by atoms with Gasteiger partial charge in [-0.05, 0) is 13.5 Å². The van der Waals surface area contributed by atoms with Crippen LogP contribution in [0.15, 0.2) is 30.3 Å². The molecule has 25 heavy (non-hydrogen) atoms. The number of amides is 1. The molecule has 1 N–H and O–H groups in total. The molecular weight excluding hydrogens is 314 g/mol. The molecule has 3 aliphatic rings. The first-order valence-electron chi connectivity index (χ1n) is 8.82. The lowest BCUT2D eigenvalue weighted by Crippen LogP contribution is -2.71. The number of nitrogens with zero attached hydrogens (tertiary/aromatic N) is 4. The summed E-state index contributed by atoms with van der Waals surface area (Å²) >= 11 is 0. The first kappa shape index (κ1) is 14.8. The van der Waals surface area contributed by atoms with Gasteiger partial charge in [-0.3, -0.25) is 4.79 Å². The van der Waals surface area contributed by atoms with E-state index in [1.807, 2.05) is 30.3 Å². The van der Waals surface area contributed by atoms with Gasteiger partial charge in [0.15, 0.2) is 5.82 Å². The van der Waals surface area contributed by atoms with E-state index < -0.39 is 0 Å². The van der Waals surface area contributed by atoms with Crippen molar-refractivity contribution in [2.24, 2.45) is 5.41 Å². The van der Waals surface area contributed by atoms with E-state index in [9.17, 15) is 4.79 Å². The van der Waals surface area contributed by atoms with Crippen LogP contribution in [0.25, 0.3) is 11.4 Å². The molecule has 0 atom stereocenters. The lowest BCUT2D eigenvalue weighted by Gasteiger charge is -2.60. The van der Waals surface area contributed by atoms with Crippen LogP contribution in [0.5, 0.6) is 0 Å². The SMILES string of the molecule is CN1CC2(C1)CN(c1nc(-c3ccccc3)nc3c1CCNC3=O)C2. The molecule has 1 aromatic heterocycles. The van der Waals surface area contributed by atoms with Gasteiger partial charge in [0.05, 0.1) is 0 Å². The van der Waals surface area contributed by atoms with Gasteiger partial charge in [-0.15, -0.1) is 0 Å². The maximum Gasteiger partial charge on any atom is 0.270 e. The minimum absolute atomic E-state index is 0.0827. The number of nitrogens with one attached hydrogen (secondary N) is 1. The van der Waals surface area contributed by atoms with Crippen molar-refractivity contribution in [2.45, 2.75) is 6.42 Å². The molecule has 6 nitrogen and oxygen atoms in total. The first-order chi connectivity index (χ1) is 12.1. The van der Waals surface area contributed by atoms with Gasteiger partial charge in [0.1, 0.15) is 11.5 Å². The van der Waals surface area contributed by atoms with Crippen LogP contribution in [-0.4, -0.2) is 60.5 Å². The van der Waals surface area contributed by atoms with Crippen molar-refractivity contribution in [3.05, 3.63) is 41.6 Å². The van der Waals surface area contributed by atoms with Crippen LogP contribution in [0.3, 0.4) is 0 Å². The highest BCUT2D eigenvalue weighted by Crippen LogP contribution is 2.42. The predicted octanol–water partition coefficient (Wildman–Crippen LogP) is 1.18. The normalized spacial score (nSPS) is 21.3. The third-order valence-electron chi connectivity index (χ3n) is 5.46. The van der Waals surface area contributed by atoms with Gasteiger partial charge >= 0.3 is 0 Å². The van der Waals surface area contributed by atoms with Crippen LogP contribution >= 0.6 is 0 Å². The largest absolute Gasteiger partial charge is 0.355 e. The summed E-state index contributed by atoms with van der Waals surface area (Å²) in [6.07, 6.45) is 0.800. The quantitative estimate of drug-likeness (QED) is 0.893. The molecular formula is C19H21N5O. The second kappa shape index (κ2) is 5.26. The maximum absolute atomic E-state index is 12.4. The zero-order chi connectivity index (χ0) is 17.0. The Balaban J connectivity index is 1.55. The number of hydrogen-bond acceptors (Lipinski definition) is 5.